The summed E-state index contributed by atoms with van der Waals surface area (Å²) in [5.41, 5.74) is -1.37. The van der Waals surface area contributed by atoms with Crippen molar-refractivity contribution in [1.82, 2.24) is 10.2 Å². The lowest BCUT2D eigenvalue weighted by Crippen LogP contribution is -2.58. The van der Waals surface area contributed by atoms with Crippen LogP contribution in [0.15, 0.2) is 24.3 Å². The third-order valence-electron chi connectivity index (χ3n) is 8.61. The van der Waals surface area contributed by atoms with Crippen LogP contribution in [0.25, 0.3) is 0 Å². The molecule has 0 saturated carbocycles. The number of carbonyl (C=O) groups is 3. The minimum absolute atomic E-state index is 0.203. The van der Waals surface area contributed by atoms with Gasteiger partial charge in [0.05, 0.1) is 36.7 Å². The molecule has 0 aliphatic carbocycles. The minimum atomic E-state index is -1.11. The van der Waals surface area contributed by atoms with Crippen molar-refractivity contribution < 1.29 is 29.0 Å². The summed E-state index contributed by atoms with van der Waals surface area (Å²) in [5.74, 6) is -1.49. The van der Waals surface area contributed by atoms with Crippen molar-refractivity contribution in [3.05, 3.63) is 24.3 Å². The second kappa shape index (κ2) is 11.8. The number of unbranched alkanes of at least 4 members (excludes halogenated alkanes) is 2. The van der Waals surface area contributed by atoms with Gasteiger partial charge in [-0.1, -0.05) is 33.6 Å². The number of aliphatic hydroxyl groups excluding tert-OH is 1. The van der Waals surface area contributed by atoms with E-state index in [1.807, 2.05) is 27.7 Å². The molecule has 9 heteroatoms. The molecule has 0 radical (unpaired) electrons. The Kier molecular flexibility index (Phi) is 8.91. The van der Waals surface area contributed by atoms with Crippen LogP contribution in [0.5, 0.6) is 5.75 Å². The van der Waals surface area contributed by atoms with Crippen LogP contribution in [0.3, 0.4) is 0 Å². The molecule has 9 nitrogen and oxygen atoms in total. The van der Waals surface area contributed by atoms with Crippen molar-refractivity contribution in [2.75, 3.05) is 25.1 Å². The van der Waals surface area contributed by atoms with E-state index in [1.54, 1.807) is 29.2 Å². The van der Waals surface area contributed by atoms with Gasteiger partial charge < -0.3 is 30.1 Å². The van der Waals surface area contributed by atoms with Crippen LogP contribution in [0.1, 0.15) is 73.1 Å². The molecule has 4 rings (SSSR count). The number of hydrogen-bond acceptors (Lipinski definition) is 6. The number of likely N-dealkylation sites (tertiary alicyclic amines) is 1. The van der Waals surface area contributed by atoms with Gasteiger partial charge in [0.2, 0.25) is 17.7 Å². The van der Waals surface area contributed by atoms with Gasteiger partial charge in [0, 0.05) is 12.2 Å². The Bertz CT molecular complexity index is 1050. The van der Waals surface area contributed by atoms with E-state index in [0.717, 1.165) is 19.3 Å². The van der Waals surface area contributed by atoms with E-state index >= 15 is 0 Å². The van der Waals surface area contributed by atoms with Crippen molar-refractivity contribution in [2.45, 2.75) is 96.4 Å². The number of amides is 3. The molecular weight excluding hydrogens is 498 g/mol. The van der Waals surface area contributed by atoms with Crippen LogP contribution in [0.4, 0.5) is 5.69 Å². The second-order valence-corrected chi connectivity index (χ2v) is 11.9. The van der Waals surface area contributed by atoms with E-state index in [4.69, 9.17) is 9.47 Å². The SMILES string of the molecule is CCCCCNC(=O)C1N([C@@H](CO)CC(C)C)C(=O)[C@@H]2[C@@H](C(=O)Nc3ccc(OCC)cc3)[C@@]3(C)CCC12O3. The Morgan fingerprint density at radius 2 is 1.87 bits per heavy atom. The van der Waals surface area contributed by atoms with E-state index in [2.05, 4.69) is 17.6 Å². The number of fused-ring (bicyclic) bond motifs is 1. The number of benzene rings is 1. The molecule has 1 aromatic rings. The van der Waals surface area contributed by atoms with Gasteiger partial charge >= 0.3 is 0 Å². The van der Waals surface area contributed by atoms with Crippen molar-refractivity contribution in [2.24, 2.45) is 17.8 Å². The molecule has 3 heterocycles. The number of nitrogens with zero attached hydrogens (tertiary/aromatic N) is 1. The van der Waals surface area contributed by atoms with Crippen LogP contribution in [-0.4, -0.2) is 70.8 Å². The quantitative estimate of drug-likeness (QED) is 0.328. The highest BCUT2D eigenvalue weighted by molar-refractivity contribution is 6.02. The Hall–Kier alpha value is -2.65. The molecule has 3 N–H and O–H groups in total. The zero-order valence-electron chi connectivity index (χ0n) is 24.0. The predicted octanol–water partition coefficient (Wildman–Crippen LogP) is 3.50. The lowest BCUT2D eigenvalue weighted by Gasteiger charge is -2.37. The zero-order chi connectivity index (χ0) is 28.4. The largest absolute Gasteiger partial charge is 0.494 e. The van der Waals surface area contributed by atoms with Gasteiger partial charge in [0.25, 0.3) is 0 Å². The number of anilines is 1. The van der Waals surface area contributed by atoms with Crippen molar-refractivity contribution in [3.8, 4) is 5.75 Å². The van der Waals surface area contributed by atoms with Crippen molar-refractivity contribution in [1.29, 1.82) is 0 Å². The van der Waals surface area contributed by atoms with Gasteiger partial charge in [0.15, 0.2) is 0 Å². The Labute approximate surface area is 232 Å². The molecule has 0 aromatic heterocycles. The standard InChI is InChI=1S/C30H45N3O6/c1-6-8-9-16-31-27(36)25-30-15-14-29(5,39-30)23(24(30)28(37)33(25)21(18-34)17-19(3)4)26(35)32-20-10-12-22(13-11-20)38-7-2/h10-13,19,21,23-25,34H,6-9,14-18H2,1-5H3,(H,31,36)(H,32,35)/t21-,23+,24+,25?,29-,30?/m1/s1. The molecule has 3 aliphatic heterocycles. The Morgan fingerprint density at radius 3 is 2.49 bits per heavy atom. The molecule has 3 fully saturated rings. The van der Waals surface area contributed by atoms with Crippen LogP contribution < -0.4 is 15.4 Å². The van der Waals surface area contributed by atoms with E-state index < -0.39 is 35.1 Å². The van der Waals surface area contributed by atoms with E-state index in [0.29, 0.717) is 43.9 Å². The monoisotopic (exact) mass is 543 g/mol. The molecule has 39 heavy (non-hydrogen) atoms. The molecule has 6 atom stereocenters. The summed E-state index contributed by atoms with van der Waals surface area (Å²) >= 11 is 0. The van der Waals surface area contributed by atoms with E-state index in [9.17, 15) is 19.5 Å². The number of carbonyl (C=O) groups excluding carboxylic acids is 3. The maximum Gasteiger partial charge on any atom is 0.245 e. The molecule has 3 amide bonds. The number of rotatable bonds is 13. The minimum Gasteiger partial charge on any atom is -0.494 e. The second-order valence-electron chi connectivity index (χ2n) is 11.9. The lowest BCUT2D eigenvalue weighted by molar-refractivity contribution is -0.149. The summed E-state index contributed by atoms with van der Waals surface area (Å²) in [5, 5.41) is 16.4. The van der Waals surface area contributed by atoms with Gasteiger partial charge in [-0.3, -0.25) is 14.4 Å². The number of ether oxygens (including phenoxy) is 2. The van der Waals surface area contributed by atoms with Gasteiger partial charge in [0.1, 0.15) is 17.4 Å². The van der Waals surface area contributed by atoms with Gasteiger partial charge in [-0.15, -0.1) is 0 Å². The summed E-state index contributed by atoms with van der Waals surface area (Å²) in [6.45, 7) is 10.7. The summed E-state index contributed by atoms with van der Waals surface area (Å²) in [6, 6.07) is 5.70. The molecular formula is C30H45N3O6. The molecule has 2 bridgehead atoms. The first-order chi connectivity index (χ1) is 18.6. The van der Waals surface area contributed by atoms with Crippen LogP contribution in [-0.2, 0) is 19.1 Å². The van der Waals surface area contributed by atoms with Crippen LogP contribution in [0, 0.1) is 17.8 Å². The highest BCUT2D eigenvalue weighted by Gasteiger charge is 2.78. The number of aliphatic hydroxyl groups is 1. The lowest BCUT2D eigenvalue weighted by atomic mass is 9.66. The Morgan fingerprint density at radius 1 is 1.15 bits per heavy atom. The maximum absolute atomic E-state index is 14.2. The van der Waals surface area contributed by atoms with Gasteiger partial charge in [-0.05, 0) is 69.7 Å². The molecule has 1 spiro atoms. The summed E-state index contributed by atoms with van der Waals surface area (Å²) < 4.78 is 12.2. The van der Waals surface area contributed by atoms with E-state index in [-0.39, 0.29) is 30.2 Å². The first kappa shape index (κ1) is 29.3. The molecule has 3 saturated heterocycles. The zero-order valence-corrected chi connectivity index (χ0v) is 24.0. The topological polar surface area (TPSA) is 117 Å². The molecule has 3 aliphatic rings. The summed E-state index contributed by atoms with van der Waals surface area (Å²) in [7, 11) is 0. The fourth-order valence-corrected chi connectivity index (χ4v) is 6.98. The number of nitrogens with one attached hydrogen (secondary N) is 2. The first-order valence-electron chi connectivity index (χ1n) is 14.6. The predicted molar refractivity (Wildman–Crippen MR) is 148 cm³/mol. The van der Waals surface area contributed by atoms with Crippen LogP contribution >= 0.6 is 0 Å². The fraction of sp³-hybridized carbons (Fsp3) is 0.700. The number of hydrogen-bond donors (Lipinski definition) is 3. The molecule has 216 valence electrons. The third-order valence-corrected chi connectivity index (χ3v) is 8.61. The van der Waals surface area contributed by atoms with Crippen LogP contribution in [0.2, 0.25) is 0 Å². The van der Waals surface area contributed by atoms with Crippen molar-refractivity contribution >= 4 is 23.4 Å². The average molecular weight is 544 g/mol. The summed E-state index contributed by atoms with van der Waals surface area (Å²) in [4.78, 5) is 43.4. The third kappa shape index (κ3) is 5.40. The highest BCUT2D eigenvalue weighted by Crippen LogP contribution is 2.63. The first-order valence-corrected chi connectivity index (χ1v) is 14.6. The van der Waals surface area contributed by atoms with Crippen molar-refractivity contribution in [3.63, 3.8) is 0 Å². The van der Waals surface area contributed by atoms with Gasteiger partial charge in [-0.25, -0.2) is 0 Å². The maximum atomic E-state index is 14.2. The normalized spacial score (nSPS) is 30.0. The summed E-state index contributed by atoms with van der Waals surface area (Å²) in [6.07, 6.45) is 4.50. The fourth-order valence-electron chi connectivity index (χ4n) is 6.98. The smallest absolute Gasteiger partial charge is 0.245 e. The highest BCUT2D eigenvalue weighted by atomic mass is 16.5. The van der Waals surface area contributed by atoms with E-state index in [1.165, 1.54) is 0 Å². The average Bonchev–Trinajstić information content (AvgIpc) is 3.47. The molecule has 2 unspecified atom stereocenters. The Balaban J connectivity index is 1.65. The van der Waals surface area contributed by atoms with Gasteiger partial charge in [-0.2, -0.15) is 0 Å². The molecule has 1 aromatic carbocycles.